The Kier molecular flexibility index (Phi) is 4.40. The number of aryl methyl sites for hydroxylation is 2. The third-order valence-corrected chi connectivity index (χ3v) is 3.25. The summed E-state index contributed by atoms with van der Waals surface area (Å²) in [5, 5.41) is 4.25. The Balaban J connectivity index is 1.94. The van der Waals surface area contributed by atoms with Gasteiger partial charge in [0.15, 0.2) is 0 Å². The van der Waals surface area contributed by atoms with Crippen molar-refractivity contribution in [1.82, 2.24) is 5.32 Å². The van der Waals surface area contributed by atoms with Gasteiger partial charge in [0.05, 0.1) is 0 Å². The first kappa shape index (κ1) is 13.1. The average Bonchev–Trinajstić information content (AvgIpc) is 2.30. The zero-order valence-corrected chi connectivity index (χ0v) is 11.6. The molecule has 0 radical (unpaired) electrons. The van der Waals surface area contributed by atoms with Gasteiger partial charge in [-0.25, -0.2) is 0 Å². The van der Waals surface area contributed by atoms with Gasteiger partial charge in [0, 0.05) is 18.1 Å². The van der Waals surface area contributed by atoms with Crippen molar-refractivity contribution in [1.29, 1.82) is 0 Å². The van der Waals surface area contributed by atoms with Crippen LogP contribution in [0.25, 0.3) is 0 Å². The first-order valence-corrected chi connectivity index (χ1v) is 6.54. The Bertz CT molecular complexity index is 514. The molecule has 94 valence electrons. The summed E-state index contributed by atoms with van der Waals surface area (Å²) in [7, 11) is 0. The molecule has 0 heterocycles. The molecule has 0 spiro atoms. The molecule has 0 atom stereocenters. The lowest BCUT2D eigenvalue weighted by Crippen LogP contribution is -2.13. The normalized spacial score (nSPS) is 10.6. The lowest BCUT2D eigenvalue weighted by Gasteiger charge is -2.08. The second-order valence-corrected chi connectivity index (χ2v) is 5.10. The maximum atomic E-state index is 6.12. The predicted molar refractivity (Wildman–Crippen MR) is 77.9 cm³/mol. The fourth-order valence-corrected chi connectivity index (χ4v) is 2.36. The lowest BCUT2D eigenvalue weighted by atomic mass is 10.1. The van der Waals surface area contributed by atoms with Crippen molar-refractivity contribution in [3.8, 4) is 0 Å². The van der Waals surface area contributed by atoms with Crippen LogP contribution in [-0.2, 0) is 13.1 Å². The molecule has 0 aliphatic heterocycles. The van der Waals surface area contributed by atoms with Crippen molar-refractivity contribution in [2.45, 2.75) is 26.9 Å². The molecule has 0 amide bonds. The topological polar surface area (TPSA) is 12.0 Å². The maximum absolute atomic E-state index is 6.12. The summed E-state index contributed by atoms with van der Waals surface area (Å²) in [5.74, 6) is 0. The third-order valence-electron chi connectivity index (χ3n) is 2.88. The first-order chi connectivity index (χ1) is 8.65. The standard InChI is InChI=1S/C16H18ClN/c1-12-7-13(2)9-14(8-12)10-18-11-15-5-3-4-6-16(15)17/h3-9,18H,10-11H2,1-2H3. The van der Waals surface area contributed by atoms with Crippen molar-refractivity contribution >= 4 is 11.6 Å². The quantitative estimate of drug-likeness (QED) is 0.866. The van der Waals surface area contributed by atoms with Crippen molar-refractivity contribution in [2.75, 3.05) is 0 Å². The van der Waals surface area contributed by atoms with Gasteiger partial charge in [-0.15, -0.1) is 0 Å². The highest BCUT2D eigenvalue weighted by Gasteiger charge is 1.99. The van der Waals surface area contributed by atoms with E-state index in [1.165, 1.54) is 16.7 Å². The SMILES string of the molecule is Cc1cc(C)cc(CNCc2ccccc2Cl)c1. The van der Waals surface area contributed by atoms with Crippen molar-refractivity contribution < 1.29 is 0 Å². The van der Waals surface area contributed by atoms with Gasteiger partial charge >= 0.3 is 0 Å². The molecule has 0 aromatic heterocycles. The summed E-state index contributed by atoms with van der Waals surface area (Å²) in [5.41, 5.74) is 5.08. The minimum Gasteiger partial charge on any atom is -0.309 e. The van der Waals surface area contributed by atoms with E-state index >= 15 is 0 Å². The van der Waals surface area contributed by atoms with Gasteiger partial charge < -0.3 is 5.32 Å². The van der Waals surface area contributed by atoms with Crippen LogP contribution in [0, 0.1) is 13.8 Å². The van der Waals surface area contributed by atoms with E-state index in [1.807, 2.05) is 18.2 Å². The summed E-state index contributed by atoms with van der Waals surface area (Å²) in [6, 6.07) is 14.6. The molecule has 1 nitrogen and oxygen atoms in total. The molecule has 2 aromatic rings. The number of hydrogen-bond acceptors (Lipinski definition) is 1. The van der Waals surface area contributed by atoms with Crippen LogP contribution < -0.4 is 5.32 Å². The molecule has 0 aliphatic carbocycles. The molecule has 1 N–H and O–H groups in total. The Hall–Kier alpha value is -1.31. The number of halogens is 1. The zero-order valence-electron chi connectivity index (χ0n) is 10.8. The molecular weight excluding hydrogens is 242 g/mol. The molecule has 2 rings (SSSR count). The summed E-state index contributed by atoms with van der Waals surface area (Å²) in [6.07, 6.45) is 0. The second kappa shape index (κ2) is 6.03. The Morgan fingerprint density at radius 3 is 2.28 bits per heavy atom. The molecule has 0 unspecified atom stereocenters. The molecule has 0 fully saturated rings. The van der Waals surface area contributed by atoms with Crippen LogP contribution in [-0.4, -0.2) is 0 Å². The van der Waals surface area contributed by atoms with Crippen molar-refractivity contribution in [3.05, 3.63) is 69.7 Å². The number of benzene rings is 2. The monoisotopic (exact) mass is 259 g/mol. The van der Waals surface area contributed by atoms with Gasteiger partial charge in [0.1, 0.15) is 0 Å². The van der Waals surface area contributed by atoms with E-state index in [1.54, 1.807) is 0 Å². The van der Waals surface area contributed by atoms with E-state index < -0.39 is 0 Å². The number of rotatable bonds is 4. The smallest absolute Gasteiger partial charge is 0.0450 e. The predicted octanol–water partition coefficient (Wildman–Crippen LogP) is 4.25. The van der Waals surface area contributed by atoms with Gasteiger partial charge in [-0.1, -0.05) is 59.1 Å². The van der Waals surface area contributed by atoms with E-state index in [0.29, 0.717) is 0 Å². The van der Waals surface area contributed by atoms with Crippen LogP contribution in [0.4, 0.5) is 0 Å². The molecule has 2 heteroatoms. The third kappa shape index (κ3) is 3.59. The largest absolute Gasteiger partial charge is 0.309 e. The fraction of sp³-hybridized carbons (Fsp3) is 0.250. The van der Waals surface area contributed by atoms with Gasteiger partial charge in [0.2, 0.25) is 0 Å². The first-order valence-electron chi connectivity index (χ1n) is 6.16. The van der Waals surface area contributed by atoms with Crippen molar-refractivity contribution in [3.63, 3.8) is 0 Å². The zero-order chi connectivity index (χ0) is 13.0. The van der Waals surface area contributed by atoms with E-state index in [2.05, 4.69) is 43.4 Å². The molecule has 0 aliphatic rings. The summed E-state index contributed by atoms with van der Waals surface area (Å²) in [6.45, 7) is 5.93. The fourth-order valence-electron chi connectivity index (χ4n) is 2.15. The second-order valence-electron chi connectivity index (χ2n) is 4.69. The molecule has 0 bridgehead atoms. The average molecular weight is 260 g/mol. The van der Waals surface area contributed by atoms with Gasteiger partial charge in [0.25, 0.3) is 0 Å². The highest BCUT2D eigenvalue weighted by Crippen LogP contribution is 2.15. The van der Waals surface area contributed by atoms with Crippen LogP contribution in [0.5, 0.6) is 0 Å². The summed E-state index contributed by atoms with van der Waals surface area (Å²) >= 11 is 6.12. The Morgan fingerprint density at radius 1 is 0.944 bits per heavy atom. The number of nitrogens with one attached hydrogen (secondary N) is 1. The molecule has 2 aromatic carbocycles. The van der Waals surface area contributed by atoms with Crippen LogP contribution in [0.3, 0.4) is 0 Å². The molecule has 0 saturated heterocycles. The van der Waals surface area contributed by atoms with Crippen LogP contribution in [0.15, 0.2) is 42.5 Å². The van der Waals surface area contributed by atoms with E-state index in [0.717, 1.165) is 23.7 Å². The minimum absolute atomic E-state index is 0.798. The lowest BCUT2D eigenvalue weighted by molar-refractivity contribution is 0.693. The van der Waals surface area contributed by atoms with Crippen LogP contribution in [0.2, 0.25) is 5.02 Å². The van der Waals surface area contributed by atoms with Crippen LogP contribution >= 0.6 is 11.6 Å². The maximum Gasteiger partial charge on any atom is 0.0450 e. The van der Waals surface area contributed by atoms with Crippen molar-refractivity contribution in [2.24, 2.45) is 0 Å². The van der Waals surface area contributed by atoms with Gasteiger partial charge in [-0.3, -0.25) is 0 Å². The summed E-state index contributed by atoms with van der Waals surface area (Å²) in [4.78, 5) is 0. The van der Waals surface area contributed by atoms with E-state index in [4.69, 9.17) is 11.6 Å². The van der Waals surface area contributed by atoms with E-state index in [9.17, 15) is 0 Å². The van der Waals surface area contributed by atoms with Crippen LogP contribution in [0.1, 0.15) is 22.3 Å². The van der Waals surface area contributed by atoms with Gasteiger partial charge in [-0.2, -0.15) is 0 Å². The highest BCUT2D eigenvalue weighted by molar-refractivity contribution is 6.31. The van der Waals surface area contributed by atoms with E-state index in [-0.39, 0.29) is 0 Å². The highest BCUT2D eigenvalue weighted by atomic mass is 35.5. The Morgan fingerprint density at radius 2 is 1.61 bits per heavy atom. The molecular formula is C16H18ClN. The van der Waals surface area contributed by atoms with Gasteiger partial charge in [-0.05, 0) is 31.0 Å². The Labute approximate surface area is 114 Å². The molecule has 18 heavy (non-hydrogen) atoms. The minimum atomic E-state index is 0.798. The summed E-state index contributed by atoms with van der Waals surface area (Å²) < 4.78 is 0. The molecule has 0 saturated carbocycles. The number of hydrogen-bond donors (Lipinski definition) is 1.